The molecule has 9 heteroatoms. The zero-order valence-electron chi connectivity index (χ0n) is 18.9. The number of carbonyl (C=O) groups excluding carboxylic acids is 1. The van der Waals surface area contributed by atoms with Crippen LogP contribution in [0.2, 0.25) is 0 Å². The van der Waals surface area contributed by atoms with E-state index < -0.39 is 0 Å². The van der Waals surface area contributed by atoms with Gasteiger partial charge in [-0.25, -0.2) is 9.97 Å². The number of carbonyl (C=O) groups is 1. The molecule has 1 aliphatic carbocycles. The number of fused-ring (bicyclic) bond motifs is 2. The fourth-order valence-corrected chi connectivity index (χ4v) is 4.87. The van der Waals surface area contributed by atoms with Crippen LogP contribution in [0.15, 0.2) is 66.0 Å². The number of rotatable bonds is 6. The molecule has 0 aromatic carbocycles. The Morgan fingerprint density at radius 3 is 2.88 bits per heavy atom. The van der Waals surface area contributed by atoms with Crippen LogP contribution in [-0.4, -0.2) is 34.5 Å². The lowest BCUT2D eigenvalue weighted by molar-refractivity contribution is 0.0950. The molecule has 1 aliphatic rings. The number of pyridine rings is 2. The Hall–Kier alpha value is -3.46. The molecule has 6 rings (SSSR count). The first-order valence-corrected chi connectivity index (χ1v) is 12.0. The van der Waals surface area contributed by atoms with Crippen molar-refractivity contribution in [3.8, 4) is 0 Å². The van der Waals surface area contributed by atoms with Gasteiger partial charge < -0.3 is 14.1 Å². The Morgan fingerprint density at radius 2 is 2.06 bits per heavy atom. The van der Waals surface area contributed by atoms with E-state index in [1.54, 1.807) is 23.4 Å². The van der Waals surface area contributed by atoms with Crippen molar-refractivity contribution in [3.05, 3.63) is 88.6 Å². The maximum atomic E-state index is 12.7. The maximum absolute atomic E-state index is 12.7. The minimum atomic E-state index is -0.186. The largest absolute Gasteiger partial charge is 0.346 e. The zero-order chi connectivity index (χ0) is 23.4. The predicted molar refractivity (Wildman–Crippen MR) is 132 cm³/mol. The highest BCUT2D eigenvalue weighted by molar-refractivity contribution is 9.10. The second-order valence-corrected chi connectivity index (χ2v) is 10.6. The lowest BCUT2D eigenvalue weighted by Crippen LogP contribution is -2.22. The first-order chi connectivity index (χ1) is 16.4. The van der Waals surface area contributed by atoms with E-state index >= 15 is 0 Å². The number of aromatic nitrogens is 6. The molecule has 1 amide bonds. The Labute approximate surface area is 204 Å². The van der Waals surface area contributed by atoms with Crippen LogP contribution in [0.5, 0.6) is 0 Å². The van der Waals surface area contributed by atoms with Crippen molar-refractivity contribution in [3.63, 3.8) is 0 Å². The van der Waals surface area contributed by atoms with Crippen LogP contribution in [0.25, 0.3) is 11.2 Å². The topological polar surface area (TPSA) is 81.5 Å². The highest BCUT2D eigenvalue weighted by Gasteiger charge is 2.46. The van der Waals surface area contributed by atoms with E-state index in [0.29, 0.717) is 30.0 Å². The molecule has 5 heterocycles. The van der Waals surface area contributed by atoms with E-state index in [-0.39, 0.29) is 5.91 Å². The van der Waals surface area contributed by atoms with Crippen molar-refractivity contribution < 1.29 is 4.79 Å². The number of imidazole rings is 2. The van der Waals surface area contributed by atoms with E-state index in [2.05, 4.69) is 67.9 Å². The first-order valence-electron chi connectivity index (χ1n) is 11.2. The highest BCUT2D eigenvalue weighted by atomic mass is 79.9. The minimum absolute atomic E-state index is 0.186. The summed E-state index contributed by atoms with van der Waals surface area (Å²) >= 11 is 3.48. The van der Waals surface area contributed by atoms with Gasteiger partial charge in [0.15, 0.2) is 0 Å². The number of nitrogens with zero attached hydrogens (tertiary/aromatic N) is 6. The Kier molecular flexibility index (Phi) is 4.84. The van der Waals surface area contributed by atoms with Gasteiger partial charge in [0, 0.05) is 29.3 Å². The van der Waals surface area contributed by atoms with Crippen molar-refractivity contribution in [2.45, 2.75) is 39.3 Å². The fourth-order valence-electron chi connectivity index (χ4n) is 4.53. The van der Waals surface area contributed by atoms with E-state index in [4.69, 9.17) is 4.98 Å². The molecule has 1 atom stereocenters. The van der Waals surface area contributed by atoms with Crippen molar-refractivity contribution >= 4 is 33.0 Å². The number of halogens is 1. The zero-order valence-corrected chi connectivity index (χ0v) is 20.5. The molecule has 5 aromatic heterocycles. The van der Waals surface area contributed by atoms with Gasteiger partial charge in [-0.1, -0.05) is 35.8 Å². The van der Waals surface area contributed by atoms with Crippen LogP contribution in [-0.2, 0) is 13.1 Å². The van der Waals surface area contributed by atoms with E-state index in [1.807, 2.05) is 28.9 Å². The summed E-state index contributed by atoms with van der Waals surface area (Å²) in [5.41, 5.74) is 5.83. The summed E-state index contributed by atoms with van der Waals surface area (Å²) in [6, 6.07) is 8.19. The van der Waals surface area contributed by atoms with Crippen molar-refractivity contribution in [2.24, 2.45) is 5.41 Å². The molecule has 0 aliphatic heterocycles. The van der Waals surface area contributed by atoms with Crippen molar-refractivity contribution in [1.82, 2.24) is 33.9 Å². The minimum Gasteiger partial charge on any atom is -0.346 e. The summed E-state index contributed by atoms with van der Waals surface area (Å²) in [5, 5.41) is 7.30. The lowest BCUT2D eigenvalue weighted by Gasteiger charge is -2.04. The quantitative estimate of drug-likeness (QED) is 0.361. The summed E-state index contributed by atoms with van der Waals surface area (Å²) in [7, 11) is 0. The second-order valence-electron chi connectivity index (χ2n) is 9.64. The van der Waals surface area contributed by atoms with Gasteiger partial charge in [-0.3, -0.25) is 9.48 Å². The average Bonchev–Trinajstić information content (AvgIpc) is 3.24. The van der Waals surface area contributed by atoms with Crippen LogP contribution in [0, 0.1) is 5.41 Å². The molecule has 1 fully saturated rings. The monoisotopic (exact) mass is 517 g/mol. The third kappa shape index (κ3) is 3.90. The van der Waals surface area contributed by atoms with E-state index in [0.717, 1.165) is 27.0 Å². The number of amides is 1. The van der Waals surface area contributed by atoms with Crippen LogP contribution in [0.3, 0.4) is 0 Å². The standard InChI is InChI=1S/C25H24BrN7O/c1-25(2)8-20(25)16-3-4-23-30-19(13-32(23)11-16)14-33-12-17(9-29-33)24(34)27-10-21-22-7-18(26)5-6-31(22)15-28-21/h3-7,9,11-13,15,20H,8,10,14H2,1-2H3,(H,27,34). The third-order valence-corrected chi connectivity index (χ3v) is 7.15. The van der Waals surface area contributed by atoms with Crippen LogP contribution >= 0.6 is 15.9 Å². The molecular formula is C25H24BrN7O. The van der Waals surface area contributed by atoms with Gasteiger partial charge in [-0.05, 0) is 41.5 Å². The average molecular weight is 518 g/mol. The molecule has 0 spiro atoms. The van der Waals surface area contributed by atoms with Gasteiger partial charge in [-0.2, -0.15) is 5.10 Å². The van der Waals surface area contributed by atoms with Crippen molar-refractivity contribution in [1.29, 1.82) is 0 Å². The van der Waals surface area contributed by atoms with Crippen molar-refractivity contribution in [2.75, 3.05) is 0 Å². The summed E-state index contributed by atoms with van der Waals surface area (Å²) < 4.78 is 6.72. The smallest absolute Gasteiger partial charge is 0.254 e. The van der Waals surface area contributed by atoms with Gasteiger partial charge >= 0.3 is 0 Å². The Bertz CT molecular complexity index is 1540. The van der Waals surface area contributed by atoms with Gasteiger partial charge in [-0.15, -0.1) is 0 Å². The molecule has 0 bridgehead atoms. The second kappa shape index (κ2) is 7.80. The predicted octanol–water partition coefficient (Wildman–Crippen LogP) is 4.43. The Morgan fingerprint density at radius 1 is 1.21 bits per heavy atom. The molecule has 1 saturated carbocycles. The molecule has 172 valence electrons. The molecule has 1 N–H and O–H groups in total. The van der Waals surface area contributed by atoms with Crippen LogP contribution in [0.4, 0.5) is 0 Å². The number of hydrogen-bond donors (Lipinski definition) is 1. The van der Waals surface area contributed by atoms with E-state index in [9.17, 15) is 4.79 Å². The van der Waals surface area contributed by atoms with Gasteiger partial charge in [0.2, 0.25) is 0 Å². The third-order valence-electron chi connectivity index (χ3n) is 6.66. The molecule has 5 aromatic rings. The SMILES string of the molecule is CC1(C)CC1c1ccc2nc(Cn3cc(C(=O)NCc4ncn5ccc(Br)cc45)cn3)cn2c1. The molecule has 8 nitrogen and oxygen atoms in total. The van der Waals surface area contributed by atoms with E-state index in [1.165, 1.54) is 12.0 Å². The van der Waals surface area contributed by atoms with Crippen LogP contribution < -0.4 is 5.32 Å². The van der Waals surface area contributed by atoms with Gasteiger partial charge in [0.05, 0.1) is 48.1 Å². The number of hydrogen-bond acceptors (Lipinski definition) is 4. The van der Waals surface area contributed by atoms with Gasteiger partial charge in [0.25, 0.3) is 5.91 Å². The molecule has 1 unspecified atom stereocenters. The Balaban J connectivity index is 1.13. The summed E-state index contributed by atoms with van der Waals surface area (Å²) in [5.74, 6) is 0.436. The molecule has 0 radical (unpaired) electrons. The molecule has 34 heavy (non-hydrogen) atoms. The summed E-state index contributed by atoms with van der Waals surface area (Å²) in [6.45, 7) is 5.45. The number of nitrogens with one attached hydrogen (secondary N) is 1. The summed E-state index contributed by atoms with van der Waals surface area (Å²) in [4.78, 5) is 21.8. The maximum Gasteiger partial charge on any atom is 0.254 e. The fraction of sp³-hybridized carbons (Fsp3) is 0.280. The lowest BCUT2D eigenvalue weighted by atomic mass is 10.1. The van der Waals surface area contributed by atoms with Crippen LogP contribution in [0.1, 0.15) is 53.5 Å². The summed E-state index contributed by atoms with van der Waals surface area (Å²) in [6.07, 6.45) is 12.5. The highest BCUT2D eigenvalue weighted by Crippen LogP contribution is 2.58. The molecular weight excluding hydrogens is 494 g/mol. The molecule has 0 saturated heterocycles. The normalized spacial score (nSPS) is 16.9. The first kappa shape index (κ1) is 21.1. The van der Waals surface area contributed by atoms with Gasteiger partial charge in [0.1, 0.15) is 5.65 Å².